The van der Waals surface area contributed by atoms with Crippen LogP contribution in [0.1, 0.15) is 37.4 Å². The topological polar surface area (TPSA) is 135 Å². The van der Waals surface area contributed by atoms with Gasteiger partial charge in [0.15, 0.2) is 5.60 Å². The highest BCUT2D eigenvalue weighted by molar-refractivity contribution is 7.01. The number of nitrogens with zero attached hydrogens (tertiary/aromatic N) is 6. The molecule has 2 aromatic heterocycles. The first-order chi connectivity index (χ1) is 32.8. The number of benzene rings is 6. The number of ether oxygens (including phenoxy) is 2. The molecule has 0 unspecified atom stereocenters. The molecule has 3 aliphatic heterocycles. The van der Waals surface area contributed by atoms with Crippen molar-refractivity contribution in [3.05, 3.63) is 143 Å². The maximum atomic E-state index is 14.0. The third-order valence-corrected chi connectivity index (χ3v) is 17.7. The van der Waals surface area contributed by atoms with E-state index in [1.165, 1.54) is 16.1 Å². The Bertz CT molecular complexity index is 3230. The van der Waals surface area contributed by atoms with Gasteiger partial charge in [0.2, 0.25) is 0 Å². The van der Waals surface area contributed by atoms with Gasteiger partial charge in [0.25, 0.3) is 5.91 Å². The number of H-pyrrole nitrogens is 2. The molecule has 13 nitrogen and oxygen atoms in total. The van der Waals surface area contributed by atoms with E-state index in [0.29, 0.717) is 16.9 Å². The summed E-state index contributed by atoms with van der Waals surface area (Å²) in [5.41, 5.74) is 11.4. The number of imidazole rings is 2. The Balaban J connectivity index is 0.754. The van der Waals surface area contributed by atoms with Gasteiger partial charge >= 0.3 is 5.97 Å². The Labute approximate surface area is 396 Å². The van der Waals surface area contributed by atoms with E-state index in [2.05, 4.69) is 116 Å². The number of hydrogen-bond acceptors (Lipinski definition) is 10. The fraction of sp³-hybridized carbons (Fsp3) is 0.259. The molecule has 344 valence electrons. The van der Waals surface area contributed by atoms with Crippen molar-refractivity contribution in [3.63, 3.8) is 0 Å². The molecule has 11 rings (SSSR count). The monoisotopic (exact) mass is 921 g/mol. The summed E-state index contributed by atoms with van der Waals surface area (Å²) in [6.07, 6.45) is 0. The van der Waals surface area contributed by atoms with Crippen LogP contribution in [0.25, 0.3) is 44.8 Å². The van der Waals surface area contributed by atoms with Crippen LogP contribution in [-0.4, -0.2) is 119 Å². The number of nitrogens with one attached hydrogen (secondary N) is 3. The van der Waals surface area contributed by atoms with Crippen molar-refractivity contribution in [3.8, 4) is 28.5 Å². The highest BCUT2D eigenvalue weighted by Gasteiger charge is 2.56. The van der Waals surface area contributed by atoms with Crippen molar-refractivity contribution in [1.29, 1.82) is 0 Å². The van der Waals surface area contributed by atoms with E-state index >= 15 is 0 Å². The van der Waals surface area contributed by atoms with Crippen LogP contribution in [0.15, 0.2) is 115 Å². The zero-order valence-corrected chi connectivity index (χ0v) is 40.5. The van der Waals surface area contributed by atoms with E-state index in [1.807, 2.05) is 70.7 Å². The van der Waals surface area contributed by atoms with Crippen molar-refractivity contribution in [2.45, 2.75) is 18.7 Å². The number of fused-ring (bicyclic) bond motifs is 8. The number of likely N-dealkylation sites (N-methyl/N-ethyl adjacent to an activating group) is 1. The number of amides is 1. The van der Waals surface area contributed by atoms with Crippen LogP contribution in [0.5, 0.6) is 5.75 Å². The molecule has 3 aliphatic rings. The molecule has 8 aromatic rings. The van der Waals surface area contributed by atoms with Crippen LogP contribution in [-0.2, 0) is 10.3 Å². The van der Waals surface area contributed by atoms with Crippen LogP contribution in [0.2, 0.25) is 13.1 Å². The van der Waals surface area contributed by atoms with Gasteiger partial charge in [-0.3, -0.25) is 4.79 Å². The second-order valence-electron chi connectivity index (χ2n) is 19.2. The highest BCUT2D eigenvalue weighted by atomic mass is 28.3. The SMILES string of the molecule is CN1CCN(c2ccc3nc(-c4ccc5nc(-c6ccc(OCCNC(=O)c7ccc8c(c7)C(=O)OC87c8ccc(N(C)C)cc8[Si](C)(C)c8cc(N(C)C)ccc87)cc6)[nH]c5c4)[nH]c3c2)CC1. The Kier molecular flexibility index (Phi) is 10.4. The average molecular weight is 922 g/mol. The Morgan fingerprint density at radius 2 is 1.31 bits per heavy atom. The predicted molar refractivity (Wildman–Crippen MR) is 274 cm³/mol. The van der Waals surface area contributed by atoms with E-state index in [-0.39, 0.29) is 19.1 Å². The van der Waals surface area contributed by atoms with E-state index in [1.54, 1.807) is 12.1 Å². The molecule has 0 atom stereocenters. The van der Waals surface area contributed by atoms with Gasteiger partial charge in [-0.15, -0.1) is 0 Å². The van der Waals surface area contributed by atoms with Gasteiger partial charge in [-0.1, -0.05) is 31.3 Å². The minimum Gasteiger partial charge on any atom is -0.492 e. The molecule has 1 amide bonds. The van der Waals surface area contributed by atoms with Crippen molar-refractivity contribution < 1.29 is 19.1 Å². The summed E-state index contributed by atoms with van der Waals surface area (Å²) in [6, 6.07) is 38.7. The van der Waals surface area contributed by atoms with Crippen molar-refractivity contribution >= 4 is 69.5 Å². The van der Waals surface area contributed by atoms with Crippen LogP contribution in [0, 0.1) is 0 Å². The van der Waals surface area contributed by atoms with Gasteiger partial charge in [0, 0.05) is 105 Å². The lowest BCUT2D eigenvalue weighted by Crippen LogP contribution is -2.63. The Hall–Kier alpha value is -7.42. The first-order valence-corrected chi connectivity index (χ1v) is 26.2. The molecule has 1 saturated heterocycles. The lowest BCUT2D eigenvalue weighted by molar-refractivity contribution is 0.0255. The fourth-order valence-corrected chi connectivity index (χ4v) is 13.4. The average Bonchev–Trinajstić information content (AvgIpc) is 4.06. The molecule has 0 bridgehead atoms. The lowest BCUT2D eigenvalue weighted by atomic mass is 9.78. The lowest BCUT2D eigenvalue weighted by Gasteiger charge is -2.44. The first kappa shape index (κ1) is 43.2. The summed E-state index contributed by atoms with van der Waals surface area (Å²) in [6.45, 7) is 9.41. The summed E-state index contributed by atoms with van der Waals surface area (Å²) >= 11 is 0. The second kappa shape index (κ2) is 16.4. The number of anilines is 3. The van der Waals surface area contributed by atoms with Gasteiger partial charge in [-0.2, -0.15) is 0 Å². The highest BCUT2D eigenvalue weighted by Crippen LogP contribution is 2.49. The third-order valence-electron chi connectivity index (χ3n) is 14.1. The molecule has 14 heteroatoms. The quantitative estimate of drug-likeness (QED) is 0.0744. The minimum atomic E-state index is -2.27. The molecule has 5 heterocycles. The Morgan fingerprint density at radius 3 is 1.96 bits per heavy atom. The molecule has 68 heavy (non-hydrogen) atoms. The number of hydrogen-bond donors (Lipinski definition) is 3. The zero-order valence-electron chi connectivity index (χ0n) is 39.5. The summed E-state index contributed by atoms with van der Waals surface area (Å²) in [7, 11) is 8.07. The zero-order chi connectivity index (χ0) is 47.1. The molecule has 0 saturated carbocycles. The van der Waals surface area contributed by atoms with Crippen molar-refractivity contribution in [1.82, 2.24) is 30.2 Å². The fourth-order valence-electron chi connectivity index (χ4n) is 10.2. The van der Waals surface area contributed by atoms with Gasteiger partial charge in [-0.05, 0) is 114 Å². The number of aromatic nitrogens is 4. The van der Waals surface area contributed by atoms with E-state index in [0.717, 1.165) is 99.1 Å². The van der Waals surface area contributed by atoms with Crippen LogP contribution >= 0.6 is 0 Å². The van der Waals surface area contributed by atoms with Gasteiger partial charge < -0.3 is 44.4 Å². The summed E-state index contributed by atoms with van der Waals surface area (Å²) in [5.74, 6) is 1.49. The summed E-state index contributed by atoms with van der Waals surface area (Å²) < 4.78 is 12.6. The summed E-state index contributed by atoms with van der Waals surface area (Å²) in [5, 5.41) is 5.42. The molecular weight excluding hydrogens is 867 g/mol. The molecular formula is C54H55N9O4Si. The van der Waals surface area contributed by atoms with Crippen LogP contribution < -0.4 is 35.1 Å². The number of piperazine rings is 1. The minimum absolute atomic E-state index is 0.255. The van der Waals surface area contributed by atoms with Gasteiger partial charge in [-0.25, -0.2) is 14.8 Å². The third kappa shape index (κ3) is 7.26. The van der Waals surface area contributed by atoms with Crippen LogP contribution in [0.4, 0.5) is 17.1 Å². The number of carbonyl (C=O) groups excluding carboxylic acids is 2. The second-order valence-corrected chi connectivity index (χ2v) is 23.6. The van der Waals surface area contributed by atoms with Crippen molar-refractivity contribution in [2.75, 3.05) is 89.3 Å². The van der Waals surface area contributed by atoms with E-state index in [4.69, 9.17) is 19.4 Å². The number of carbonyl (C=O) groups is 2. The largest absolute Gasteiger partial charge is 0.492 e. The number of rotatable bonds is 10. The smallest absolute Gasteiger partial charge is 0.340 e. The standard InChI is InChI=1S/C54H55N9O4Si/c1-60(2)36-12-18-42-48(31-36)68(6,7)49-32-37(61(3)4)13-19-43(49)54(42)41-17-10-35(28-40(41)53(65)67-54)52(64)55-22-27-66-39-15-8-33(9-16-39)50-56-44-20-11-34(29-46(44)58-50)51-57-45-21-14-38(30-47(45)59-51)63-25-23-62(5)24-26-63/h8-21,28-32H,22-27H2,1-7H3,(H,55,64)(H,56,58)(H,57,59). The van der Waals surface area contributed by atoms with Crippen LogP contribution in [0.3, 0.4) is 0 Å². The van der Waals surface area contributed by atoms with Gasteiger partial charge in [0.05, 0.1) is 34.2 Å². The molecule has 0 radical (unpaired) electrons. The Morgan fingerprint density at radius 1 is 0.721 bits per heavy atom. The summed E-state index contributed by atoms with van der Waals surface area (Å²) in [4.78, 5) is 53.4. The molecule has 0 aliphatic carbocycles. The number of esters is 1. The normalized spacial score (nSPS) is 15.8. The molecule has 6 aromatic carbocycles. The van der Waals surface area contributed by atoms with Gasteiger partial charge in [0.1, 0.15) is 32.1 Å². The molecule has 3 N–H and O–H groups in total. The van der Waals surface area contributed by atoms with E-state index < -0.39 is 19.6 Å². The maximum Gasteiger partial charge on any atom is 0.340 e. The maximum absolute atomic E-state index is 14.0. The van der Waals surface area contributed by atoms with Crippen molar-refractivity contribution in [2.24, 2.45) is 0 Å². The molecule has 1 spiro atoms. The number of aromatic amines is 2. The van der Waals surface area contributed by atoms with E-state index in [9.17, 15) is 9.59 Å². The first-order valence-electron chi connectivity index (χ1n) is 23.2. The molecule has 1 fully saturated rings. The predicted octanol–water partition coefficient (Wildman–Crippen LogP) is 7.06.